The van der Waals surface area contributed by atoms with Gasteiger partial charge in [0.05, 0.1) is 12.6 Å². The molecule has 8 nitrogen and oxygen atoms in total. The minimum atomic E-state index is 0.252. The van der Waals surface area contributed by atoms with E-state index in [1.807, 2.05) is 6.92 Å². The molecule has 8 heteroatoms. The number of anilines is 2. The topological polar surface area (TPSA) is 89.8 Å². The smallest absolute Gasteiger partial charge is 0.241 e. The molecule has 0 bridgehead atoms. The second-order valence-corrected chi connectivity index (χ2v) is 4.49. The van der Waals surface area contributed by atoms with Crippen LogP contribution in [0, 0.1) is 0 Å². The van der Waals surface area contributed by atoms with Gasteiger partial charge in [0.25, 0.3) is 0 Å². The van der Waals surface area contributed by atoms with E-state index < -0.39 is 0 Å². The molecule has 3 rings (SSSR count). The van der Waals surface area contributed by atoms with Gasteiger partial charge in [0.2, 0.25) is 17.8 Å². The monoisotopic (exact) mass is 275 g/mol. The van der Waals surface area contributed by atoms with Gasteiger partial charge >= 0.3 is 0 Å². The van der Waals surface area contributed by atoms with Crippen LogP contribution < -0.4 is 10.6 Å². The third-order valence-electron chi connectivity index (χ3n) is 2.96. The minimum Gasteiger partial charge on any atom is -0.379 e. The number of nitrogens with one attached hydrogen (secondary N) is 2. The normalized spacial score (nSPS) is 18.1. The average Bonchev–Trinajstić information content (AvgIpc) is 3.11. The molecule has 1 unspecified atom stereocenters. The number of aromatic nitrogens is 5. The van der Waals surface area contributed by atoms with Gasteiger partial charge < -0.3 is 15.4 Å². The van der Waals surface area contributed by atoms with Gasteiger partial charge in [-0.05, 0) is 13.3 Å². The molecule has 1 fully saturated rings. The van der Waals surface area contributed by atoms with Crippen molar-refractivity contribution in [2.45, 2.75) is 19.4 Å². The highest BCUT2D eigenvalue weighted by molar-refractivity contribution is 5.38. The van der Waals surface area contributed by atoms with Gasteiger partial charge in [-0.2, -0.15) is 15.0 Å². The first kappa shape index (κ1) is 12.8. The molecule has 20 heavy (non-hydrogen) atoms. The largest absolute Gasteiger partial charge is 0.379 e. The van der Waals surface area contributed by atoms with Crippen LogP contribution in [0.1, 0.15) is 13.3 Å². The molecule has 2 N–H and O–H groups in total. The van der Waals surface area contributed by atoms with Crippen molar-refractivity contribution in [2.24, 2.45) is 0 Å². The number of ether oxygens (including phenoxy) is 1. The second kappa shape index (κ2) is 5.83. The molecule has 0 saturated carbocycles. The molecule has 1 atom stereocenters. The molecule has 1 saturated heterocycles. The Morgan fingerprint density at radius 2 is 2.25 bits per heavy atom. The van der Waals surface area contributed by atoms with Crippen LogP contribution in [0.2, 0.25) is 0 Å². The summed E-state index contributed by atoms with van der Waals surface area (Å²) in [5, 5.41) is 6.39. The fraction of sp³-hybridized carbons (Fsp3) is 0.500. The quantitative estimate of drug-likeness (QED) is 0.829. The lowest BCUT2D eigenvalue weighted by molar-refractivity contribution is 0.195. The summed E-state index contributed by atoms with van der Waals surface area (Å²) in [6.07, 6.45) is 6.11. The Morgan fingerprint density at radius 3 is 2.95 bits per heavy atom. The maximum Gasteiger partial charge on any atom is 0.241 e. The number of nitrogens with zero attached hydrogens (tertiary/aromatic N) is 5. The van der Waals surface area contributed by atoms with E-state index in [-0.39, 0.29) is 6.04 Å². The van der Waals surface area contributed by atoms with E-state index in [4.69, 9.17) is 4.74 Å². The first-order chi connectivity index (χ1) is 9.85. The Labute approximate surface area is 116 Å². The molecule has 0 amide bonds. The Kier molecular flexibility index (Phi) is 3.73. The molecule has 106 valence electrons. The van der Waals surface area contributed by atoms with Crippen LogP contribution >= 0.6 is 0 Å². The van der Waals surface area contributed by atoms with Crippen LogP contribution in [0.3, 0.4) is 0 Å². The maximum atomic E-state index is 5.35. The molecule has 0 aromatic carbocycles. The van der Waals surface area contributed by atoms with Crippen molar-refractivity contribution in [1.82, 2.24) is 24.5 Å². The van der Waals surface area contributed by atoms with Crippen molar-refractivity contribution >= 4 is 11.9 Å². The zero-order chi connectivity index (χ0) is 13.8. The molecule has 2 aromatic rings. The number of rotatable bonds is 5. The van der Waals surface area contributed by atoms with Crippen molar-refractivity contribution in [3.8, 4) is 5.95 Å². The van der Waals surface area contributed by atoms with E-state index in [0.29, 0.717) is 24.5 Å². The van der Waals surface area contributed by atoms with E-state index in [9.17, 15) is 0 Å². The zero-order valence-corrected chi connectivity index (χ0v) is 11.3. The number of hydrogen-bond acceptors (Lipinski definition) is 7. The lowest BCUT2D eigenvalue weighted by atomic mass is 10.3. The second-order valence-electron chi connectivity index (χ2n) is 4.49. The SMILES string of the molecule is CCNc1nc(NC2CCOC2)nc(-n2ccnc2)n1. The summed E-state index contributed by atoms with van der Waals surface area (Å²) in [5.74, 6) is 1.64. The fourth-order valence-corrected chi connectivity index (χ4v) is 1.99. The summed E-state index contributed by atoms with van der Waals surface area (Å²) in [7, 11) is 0. The molecular formula is C12H17N7O. The molecule has 1 aliphatic rings. The van der Waals surface area contributed by atoms with Crippen molar-refractivity contribution in [2.75, 3.05) is 30.4 Å². The van der Waals surface area contributed by atoms with Gasteiger partial charge in [-0.1, -0.05) is 0 Å². The summed E-state index contributed by atoms with van der Waals surface area (Å²) in [6.45, 7) is 4.21. The van der Waals surface area contributed by atoms with Gasteiger partial charge in [0.15, 0.2) is 0 Å². The Balaban J connectivity index is 1.87. The third-order valence-corrected chi connectivity index (χ3v) is 2.96. The number of hydrogen-bond donors (Lipinski definition) is 2. The predicted molar refractivity (Wildman–Crippen MR) is 74.0 cm³/mol. The van der Waals surface area contributed by atoms with Crippen LogP contribution in [0.15, 0.2) is 18.7 Å². The molecular weight excluding hydrogens is 258 g/mol. The molecule has 3 heterocycles. The van der Waals surface area contributed by atoms with Gasteiger partial charge in [0.1, 0.15) is 6.33 Å². The van der Waals surface area contributed by atoms with Gasteiger partial charge in [-0.15, -0.1) is 0 Å². The van der Waals surface area contributed by atoms with E-state index in [1.54, 1.807) is 23.3 Å². The maximum absolute atomic E-state index is 5.35. The van der Waals surface area contributed by atoms with E-state index in [2.05, 4.69) is 30.6 Å². The van der Waals surface area contributed by atoms with Crippen LogP contribution in [0.4, 0.5) is 11.9 Å². The van der Waals surface area contributed by atoms with Crippen molar-refractivity contribution in [3.05, 3.63) is 18.7 Å². The van der Waals surface area contributed by atoms with E-state index in [0.717, 1.165) is 19.6 Å². The number of imidazole rings is 1. The van der Waals surface area contributed by atoms with Crippen molar-refractivity contribution in [1.29, 1.82) is 0 Å². The molecule has 0 aliphatic carbocycles. The lowest BCUT2D eigenvalue weighted by Crippen LogP contribution is -2.22. The van der Waals surface area contributed by atoms with Gasteiger partial charge in [-0.3, -0.25) is 4.57 Å². The Bertz CT molecular complexity index is 551. The molecule has 0 radical (unpaired) electrons. The zero-order valence-electron chi connectivity index (χ0n) is 11.3. The van der Waals surface area contributed by atoms with Gasteiger partial charge in [0, 0.05) is 25.5 Å². The van der Waals surface area contributed by atoms with E-state index in [1.165, 1.54) is 0 Å². The highest BCUT2D eigenvalue weighted by Crippen LogP contribution is 2.13. The van der Waals surface area contributed by atoms with Crippen molar-refractivity contribution < 1.29 is 4.74 Å². The summed E-state index contributed by atoms with van der Waals surface area (Å²) >= 11 is 0. The van der Waals surface area contributed by atoms with Crippen LogP contribution in [0.5, 0.6) is 0 Å². The lowest BCUT2D eigenvalue weighted by Gasteiger charge is -2.12. The van der Waals surface area contributed by atoms with Gasteiger partial charge in [-0.25, -0.2) is 4.98 Å². The average molecular weight is 275 g/mol. The third kappa shape index (κ3) is 2.85. The van der Waals surface area contributed by atoms with Crippen LogP contribution in [-0.2, 0) is 4.74 Å². The predicted octanol–water partition coefficient (Wildman–Crippen LogP) is 0.690. The minimum absolute atomic E-state index is 0.252. The molecule has 2 aromatic heterocycles. The Morgan fingerprint density at radius 1 is 1.35 bits per heavy atom. The Hall–Kier alpha value is -2.22. The van der Waals surface area contributed by atoms with Crippen LogP contribution in [-0.4, -0.2) is 50.3 Å². The van der Waals surface area contributed by atoms with Crippen LogP contribution in [0.25, 0.3) is 5.95 Å². The summed E-state index contributed by atoms with van der Waals surface area (Å²) in [6, 6.07) is 0.252. The van der Waals surface area contributed by atoms with E-state index >= 15 is 0 Å². The highest BCUT2D eigenvalue weighted by atomic mass is 16.5. The van der Waals surface area contributed by atoms with Crippen molar-refractivity contribution in [3.63, 3.8) is 0 Å². The molecule has 0 spiro atoms. The molecule has 1 aliphatic heterocycles. The standard InChI is InChI=1S/C12H17N7O/c1-2-14-10-16-11(15-9-3-6-20-7-9)18-12(17-10)19-5-4-13-8-19/h4-5,8-9H,2-3,6-7H2,1H3,(H2,14,15,16,17,18). The highest BCUT2D eigenvalue weighted by Gasteiger charge is 2.17. The first-order valence-electron chi connectivity index (χ1n) is 6.67. The summed E-state index contributed by atoms with van der Waals surface area (Å²) in [4.78, 5) is 17.1. The summed E-state index contributed by atoms with van der Waals surface area (Å²) in [5.41, 5.74) is 0. The first-order valence-corrected chi connectivity index (χ1v) is 6.67. The fourth-order valence-electron chi connectivity index (χ4n) is 1.99. The summed E-state index contributed by atoms with van der Waals surface area (Å²) < 4.78 is 7.09.